The third-order valence-corrected chi connectivity index (χ3v) is 2.53. The summed E-state index contributed by atoms with van der Waals surface area (Å²) < 4.78 is 10.8. The van der Waals surface area contributed by atoms with Gasteiger partial charge in [0, 0.05) is 5.56 Å². The van der Waals surface area contributed by atoms with Crippen molar-refractivity contribution in [3.8, 4) is 0 Å². The Morgan fingerprint density at radius 2 is 1.94 bits per heavy atom. The molecule has 0 saturated carbocycles. The van der Waals surface area contributed by atoms with Crippen LogP contribution in [0.2, 0.25) is 0 Å². The van der Waals surface area contributed by atoms with Gasteiger partial charge in [-0.2, -0.15) is 0 Å². The van der Waals surface area contributed by atoms with Crippen LogP contribution in [0.3, 0.4) is 0 Å². The highest BCUT2D eigenvalue weighted by atomic mass is 16.8. The molecule has 0 aromatic heterocycles. The molecular formula is C13H16O3. The van der Waals surface area contributed by atoms with Gasteiger partial charge < -0.3 is 9.47 Å². The molecule has 0 aliphatic carbocycles. The molecule has 1 unspecified atom stereocenters. The van der Waals surface area contributed by atoms with E-state index >= 15 is 0 Å². The number of carbonyl (C=O) groups excluding carboxylic acids is 1. The summed E-state index contributed by atoms with van der Waals surface area (Å²) >= 11 is 0. The van der Waals surface area contributed by atoms with Crippen LogP contribution in [-0.4, -0.2) is 12.1 Å². The topological polar surface area (TPSA) is 35.5 Å². The lowest BCUT2D eigenvalue weighted by molar-refractivity contribution is -0.144. The SMILES string of the molecule is CC(C)C[C@@H]1OC(c2ccccc2)OC1=O. The van der Waals surface area contributed by atoms with Gasteiger partial charge in [0.1, 0.15) is 0 Å². The van der Waals surface area contributed by atoms with E-state index < -0.39 is 12.4 Å². The molecule has 1 fully saturated rings. The fraction of sp³-hybridized carbons (Fsp3) is 0.462. The van der Waals surface area contributed by atoms with E-state index in [1.54, 1.807) is 0 Å². The summed E-state index contributed by atoms with van der Waals surface area (Å²) in [6, 6.07) is 9.53. The van der Waals surface area contributed by atoms with Crippen molar-refractivity contribution in [3.63, 3.8) is 0 Å². The molecule has 1 aliphatic rings. The van der Waals surface area contributed by atoms with E-state index in [4.69, 9.17) is 9.47 Å². The van der Waals surface area contributed by atoms with Crippen LogP contribution in [0.4, 0.5) is 0 Å². The second-order valence-electron chi connectivity index (χ2n) is 4.43. The lowest BCUT2D eigenvalue weighted by atomic mass is 10.1. The van der Waals surface area contributed by atoms with E-state index in [0.717, 1.165) is 5.56 Å². The first-order valence-electron chi connectivity index (χ1n) is 5.57. The van der Waals surface area contributed by atoms with Crippen molar-refractivity contribution in [2.75, 3.05) is 0 Å². The standard InChI is InChI=1S/C13H16O3/c1-9(2)8-11-12(14)16-13(15-11)10-6-4-3-5-7-10/h3-7,9,11,13H,8H2,1-2H3/t11-,13?/m0/s1. The van der Waals surface area contributed by atoms with Gasteiger partial charge in [0.25, 0.3) is 0 Å². The summed E-state index contributed by atoms with van der Waals surface area (Å²) in [5.41, 5.74) is 0.891. The fourth-order valence-corrected chi connectivity index (χ4v) is 1.75. The Balaban J connectivity index is 2.04. The average molecular weight is 220 g/mol. The third-order valence-electron chi connectivity index (χ3n) is 2.53. The summed E-state index contributed by atoms with van der Waals surface area (Å²) in [5, 5.41) is 0. The van der Waals surface area contributed by atoms with Gasteiger partial charge in [-0.1, -0.05) is 44.2 Å². The van der Waals surface area contributed by atoms with Crippen LogP contribution in [0, 0.1) is 5.92 Å². The van der Waals surface area contributed by atoms with Crippen LogP contribution >= 0.6 is 0 Å². The Labute approximate surface area is 95.4 Å². The lowest BCUT2D eigenvalue weighted by Crippen LogP contribution is -2.18. The average Bonchev–Trinajstić information content (AvgIpc) is 2.61. The van der Waals surface area contributed by atoms with Gasteiger partial charge in [0.15, 0.2) is 6.10 Å². The van der Waals surface area contributed by atoms with Gasteiger partial charge in [-0.15, -0.1) is 0 Å². The number of hydrogen-bond acceptors (Lipinski definition) is 3. The molecule has 0 amide bonds. The second kappa shape index (κ2) is 4.66. The molecule has 1 heterocycles. The maximum atomic E-state index is 11.5. The van der Waals surface area contributed by atoms with Crippen molar-refractivity contribution in [2.24, 2.45) is 5.92 Å². The highest BCUT2D eigenvalue weighted by Gasteiger charge is 2.36. The van der Waals surface area contributed by atoms with Crippen molar-refractivity contribution >= 4 is 5.97 Å². The first kappa shape index (κ1) is 11.1. The molecule has 3 nitrogen and oxygen atoms in total. The first-order chi connectivity index (χ1) is 7.66. The predicted molar refractivity (Wildman–Crippen MR) is 59.6 cm³/mol. The van der Waals surface area contributed by atoms with E-state index in [-0.39, 0.29) is 5.97 Å². The molecule has 1 aromatic rings. The Morgan fingerprint density at radius 1 is 1.25 bits per heavy atom. The smallest absolute Gasteiger partial charge is 0.338 e. The van der Waals surface area contributed by atoms with Gasteiger partial charge in [0.05, 0.1) is 0 Å². The van der Waals surface area contributed by atoms with Gasteiger partial charge in [0.2, 0.25) is 6.29 Å². The highest BCUT2D eigenvalue weighted by Crippen LogP contribution is 2.30. The molecule has 3 heteroatoms. The second-order valence-corrected chi connectivity index (χ2v) is 4.43. The molecule has 16 heavy (non-hydrogen) atoms. The summed E-state index contributed by atoms with van der Waals surface area (Å²) in [5.74, 6) is 0.176. The Morgan fingerprint density at radius 3 is 2.56 bits per heavy atom. The summed E-state index contributed by atoms with van der Waals surface area (Å²) in [6.07, 6.45) is -0.232. The van der Waals surface area contributed by atoms with E-state index in [1.165, 1.54) is 0 Å². The predicted octanol–water partition coefficient (Wildman–Crippen LogP) is 2.67. The van der Waals surface area contributed by atoms with Gasteiger partial charge in [-0.25, -0.2) is 4.79 Å². The Bertz CT molecular complexity index is 359. The zero-order chi connectivity index (χ0) is 11.5. The van der Waals surface area contributed by atoms with Crippen molar-refractivity contribution < 1.29 is 14.3 Å². The maximum absolute atomic E-state index is 11.5. The van der Waals surface area contributed by atoms with Crippen molar-refractivity contribution in [2.45, 2.75) is 32.7 Å². The molecule has 1 aliphatic heterocycles. The first-order valence-corrected chi connectivity index (χ1v) is 5.57. The molecule has 0 bridgehead atoms. The van der Waals surface area contributed by atoms with E-state index in [1.807, 2.05) is 30.3 Å². The summed E-state index contributed by atoms with van der Waals surface area (Å²) in [7, 11) is 0. The highest BCUT2D eigenvalue weighted by molar-refractivity contribution is 5.76. The maximum Gasteiger partial charge on any atom is 0.338 e. The van der Waals surface area contributed by atoms with E-state index in [9.17, 15) is 4.79 Å². The van der Waals surface area contributed by atoms with Crippen molar-refractivity contribution in [1.82, 2.24) is 0 Å². The number of hydrogen-bond donors (Lipinski definition) is 0. The lowest BCUT2D eigenvalue weighted by Gasteiger charge is -2.10. The Kier molecular flexibility index (Phi) is 3.25. The minimum absolute atomic E-state index is 0.248. The summed E-state index contributed by atoms with van der Waals surface area (Å²) in [4.78, 5) is 11.5. The summed E-state index contributed by atoms with van der Waals surface area (Å²) in [6.45, 7) is 4.12. The number of carbonyl (C=O) groups is 1. The number of esters is 1. The van der Waals surface area contributed by atoms with Crippen LogP contribution in [0.5, 0.6) is 0 Å². The van der Waals surface area contributed by atoms with Gasteiger partial charge in [-0.05, 0) is 12.3 Å². The molecule has 2 rings (SSSR count). The minimum Gasteiger partial charge on any atom is -0.429 e. The van der Waals surface area contributed by atoms with E-state index in [2.05, 4.69) is 13.8 Å². The zero-order valence-electron chi connectivity index (χ0n) is 9.55. The molecule has 0 N–H and O–H groups in total. The number of rotatable bonds is 3. The van der Waals surface area contributed by atoms with Crippen LogP contribution in [0.15, 0.2) is 30.3 Å². The molecule has 1 aromatic carbocycles. The molecule has 2 atom stereocenters. The number of benzene rings is 1. The third kappa shape index (κ3) is 2.42. The zero-order valence-corrected chi connectivity index (χ0v) is 9.55. The molecule has 0 radical (unpaired) electrons. The van der Waals surface area contributed by atoms with Crippen molar-refractivity contribution in [1.29, 1.82) is 0 Å². The normalized spacial score (nSPS) is 24.8. The van der Waals surface area contributed by atoms with Crippen LogP contribution in [0.25, 0.3) is 0 Å². The number of ether oxygens (including phenoxy) is 2. The Hall–Kier alpha value is -1.35. The van der Waals surface area contributed by atoms with Crippen molar-refractivity contribution in [3.05, 3.63) is 35.9 Å². The van der Waals surface area contributed by atoms with Crippen LogP contribution < -0.4 is 0 Å². The minimum atomic E-state index is -0.530. The quantitative estimate of drug-likeness (QED) is 0.735. The van der Waals surface area contributed by atoms with Crippen LogP contribution in [-0.2, 0) is 14.3 Å². The monoisotopic (exact) mass is 220 g/mol. The number of cyclic esters (lactones) is 1. The molecule has 1 saturated heterocycles. The molecule has 0 spiro atoms. The fourth-order valence-electron chi connectivity index (χ4n) is 1.75. The van der Waals surface area contributed by atoms with Gasteiger partial charge in [-0.3, -0.25) is 0 Å². The molecular weight excluding hydrogens is 204 g/mol. The largest absolute Gasteiger partial charge is 0.429 e. The van der Waals surface area contributed by atoms with E-state index in [0.29, 0.717) is 12.3 Å². The molecule has 86 valence electrons. The van der Waals surface area contributed by atoms with Gasteiger partial charge >= 0.3 is 5.97 Å². The van der Waals surface area contributed by atoms with Crippen LogP contribution in [0.1, 0.15) is 32.1 Å².